The minimum atomic E-state index is 0.575. The third kappa shape index (κ3) is 5.47. The Kier molecular flexibility index (Phi) is 6.71. The number of hydrogen-bond acceptors (Lipinski definition) is 3. The third-order valence-electron chi connectivity index (χ3n) is 4.79. The van der Waals surface area contributed by atoms with Crippen molar-refractivity contribution in [2.45, 2.75) is 19.9 Å². The van der Waals surface area contributed by atoms with Crippen LogP contribution in [0, 0.1) is 12.8 Å². The van der Waals surface area contributed by atoms with Gasteiger partial charge in [0.1, 0.15) is 11.5 Å². The zero-order valence-electron chi connectivity index (χ0n) is 16.4. The highest BCUT2D eigenvalue weighted by molar-refractivity contribution is 5.79. The minimum absolute atomic E-state index is 0.575. The highest BCUT2D eigenvalue weighted by Gasteiger charge is 2.19. The van der Waals surface area contributed by atoms with Crippen molar-refractivity contribution in [3.8, 4) is 11.5 Å². The molecule has 144 valence electrons. The molecule has 1 aliphatic heterocycles. The maximum Gasteiger partial charge on any atom is 0.193 e. The van der Waals surface area contributed by atoms with E-state index in [-0.39, 0.29) is 0 Å². The number of para-hydroxylation sites is 1. The maximum absolute atomic E-state index is 6.09. The zero-order chi connectivity index (χ0) is 19.1. The molecule has 1 heterocycles. The van der Waals surface area contributed by atoms with Gasteiger partial charge in [-0.1, -0.05) is 35.9 Å². The summed E-state index contributed by atoms with van der Waals surface area (Å²) in [5, 5.41) is 3.45. The Morgan fingerprint density at radius 2 is 2.00 bits per heavy atom. The van der Waals surface area contributed by atoms with E-state index in [9.17, 15) is 0 Å². The van der Waals surface area contributed by atoms with Crippen molar-refractivity contribution in [2.75, 3.05) is 33.9 Å². The van der Waals surface area contributed by atoms with E-state index >= 15 is 0 Å². The molecule has 5 nitrogen and oxygen atoms in total. The van der Waals surface area contributed by atoms with Gasteiger partial charge in [0.15, 0.2) is 5.96 Å². The first-order valence-corrected chi connectivity index (χ1v) is 9.47. The molecule has 0 saturated carbocycles. The first-order chi connectivity index (χ1) is 13.2. The highest BCUT2D eigenvalue weighted by Crippen LogP contribution is 2.25. The van der Waals surface area contributed by atoms with Crippen LogP contribution in [-0.4, -0.2) is 44.7 Å². The predicted octanol–water partition coefficient (Wildman–Crippen LogP) is 3.83. The highest BCUT2D eigenvalue weighted by atomic mass is 16.5. The second-order valence-corrected chi connectivity index (χ2v) is 7.03. The van der Waals surface area contributed by atoms with Crippen molar-refractivity contribution in [3.63, 3.8) is 0 Å². The van der Waals surface area contributed by atoms with E-state index < -0.39 is 0 Å². The lowest BCUT2D eigenvalue weighted by Gasteiger charge is -2.24. The number of benzene rings is 2. The van der Waals surface area contributed by atoms with Crippen LogP contribution in [-0.2, 0) is 11.3 Å². The lowest BCUT2D eigenvalue weighted by Crippen LogP contribution is -2.41. The summed E-state index contributed by atoms with van der Waals surface area (Å²) in [6.45, 7) is 5.38. The van der Waals surface area contributed by atoms with Gasteiger partial charge in [0.25, 0.3) is 0 Å². The average molecular weight is 367 g/mol. The summed E-state index contributed by atoms with van der Waals surface area (Å²) in [5.74, 6) is 3.16. The standard InChI is InChI=1S/C22H29N3O2/c1-17-8-10-20(11-9-17)27-21-7-5-4-6-19(21)14-24-22(23-2)25(3)15-18-12-13-26-16-18/h4-11,18H,12-16H2,1-3H3,(H,23,24). The molecule has 2 aromatic carbocycles. The van der Waals surface area contributed by atoms with E-state index in [0.29, 0.717) is 12.5 Å². The van der Waals surface area contributed by atoms with E-state index in [4.69, 9.17) is 9.47 Å². The lowest BCUT2D eigenvalue weighted by atomic mass is 10.1. The molecule has 0 spiro atoms. The Bertz CT molecular complexity index is 752. The molecule has 0 bridgehead atoms. The summed E-state index contributed by atoms with van der Waals surface area (Å²) < 4.78 is 11.6. The van der Waals surface area contributed by atoms with Gasteiger partial charge < -0.3 is 19.7 Å². The predicted molar refractivity (Wildman–Crippen MR) is 109 cm³/mol. The molecule has 0 amide bonds. The zero-order valence-corrected chi connectivity index (χ0v) is 16.4. The molecule has 1 aliphatic rings. The minimum Gasteiger partial charge on any atom is -0.457 e. The summed E-state index contributed by atoms with van der Waals surface area (Å²) in [4.78, 5) is 6.59. The smallest absolute Gasteiger partial charge is 0.193 e. The normalized spacial score (nSPS) is 17.0. The first kappa shape index (κ1) is 19.2. The van der Waals surface area contributed by atoms with E-state index in [1.54, 1.807) is 0 Å². The molecule has 1 unspecified atom stereocenters. The van der Waals surface area contributed by atoms with Crippen molar-refractivity contribution in [1.29, 1.82) is 0 Å². The number of nitrogens with one attached hydrogen (secondary N) is 1. The molecule has 3 rings (SSSR count). The van der Waals surface area contributed by atoms with Gasteiger partial charge in [0.2, 0.25) is 0 Å². The van der Waals surface area contributed by atoms with Crippen LogP contribution >= 0.6 is 0 Å². The largest absolute Gasteiger partial charge is 0.457 e. The van der Waals surface area contributed by atoms with Gasteiger partial charge in [0.05, 0.1) is 6.61 Å². The van der Waals surface area contributed by atoms with Crippen LogP contribution in [0.15, 0.2) is 53.5 Å². The molecule has 0 aliphatic carbocycles. The van der Waals surface area contributed by atoms with Crippen molar-refractivity contribution < 1.29 is 9.47 Å². The Morgan fingerprint density at radius 1 is 1.22 bits per heavy atom. The van der Waals surface area contributed by atoms with Crippen molar-refractivity contribution in [2.24, 2.45) is 10.9 Å². The summed E-state index contributed by atoms with van der Waals surface area (Å²) in [7, 11) is 3.89. The number of rotatable bonds is 6. The molecule has 1 saturated heterocycles. The number of ether oxygens (including phenoxy) is 2. The number of aliphatic imine (C=N–C) groups is 1. The van der Waals surface area contributed by atoms with Gasteiger partial charge in [-0.05, 0) is 31.5 Å². The molecule has 1 atom stereocenters. The molecule has 1 fully saturated rings. The Balaban J connectivity index is 1.61. The van der Waals surface area contributed by atoms with Crippen LogP contribution in [0.1, 0.15) is 17.5 Å². The molecule has 1 N–H and O–H groups in total. The van der Waals surface area contributed by atoms with Crippen LogP contribution in [0.5, 0.6) is 11.5 Å². The SMILES string of the molecule is CN=C(NCc1ccccc1Oc1ccc(C)cc1)N(C)CC1CCOC1. The van der Waals surface area contributed by atoms with Crippen molar-refractivity contribution in [3.05, 3.63) is 59.7 Å². The molecule has 5 heteroatoms. The molecule has 0 aromatic heterocycles. The van der Waals surface area contributed by atoms with Gasteiger partial charge in [-0.3, -0.25) is 4.99 Å². The van der Waals surface area contributed by atoms with Crippen LogP contribution in [0.2, 0.25) is 0 Å². The van der Waals surface area contributed by atoms with E-state index in [0.717, 1.165) is 49.2 Å². The molecular weight excluding hydrogens is 338 g/mol. The van der Waals surface area contributed by atoms with Crippen LogP contribution in [0.25, 0.3) is 0 Å². The fourth-order valence-electron chi connectivity index (χ4n) is 3.24. The van der Waals surface area contributed by atoms with Gasteiger partial charge in [0, 0.05) is 45.3 Å². The Labute approximate surface area is 162 Å². The Hall–Kier alpha value is -2.53. The molecular formula is C22H29N3O2. The van der Waals surface area contributed by atoms with Gasteiger partial charge >= 0.3 is 0 Å². The van der Waals surface area contributed by atoms with Crippen LogP contribution in [0.4, 0.5) is 0 Å². The topological polar surface area (TPSA) is 46.1 Å². The number of nitrogens with zero attached hydrogens (tertiary/aromatic N) is 2. The summed E-state index contributed by atoms with van der Waals surface area (Å²) in [5.41, 5.74) is 2.31. The Morgan fingerprint density at radius 3 is 2.70 bits per heavy atom. The summed E-state index contributed by atoms with van der Waals surface area (Å²) in [6.07, 6.45) is 1.12. The third-order valence-corrected chi connectivity index (χ3v) is 4.79. The monoisotopic (exact) mass is 367 g/mol. The van der Waals surface area contributed by atoms with Crippen molar-refractivity contribution >= 4 is 5.96 Å². The fraction of sp³-hybridized carbons (Fsp3) is 0.409. The maximum atomic E-state index is 6.09. The second-order valence-electron chi connectivity index (χ2n) is 7.03. The van der Waals surface area contributed by atoms with E-state index in [1.165, 1.54) is 5.56 Å². The van der Waals surface area contributed by atoms with Gasteiger partial charge in [-0.15, -0.1) is 0 Å². The quantitative estimate of drug-likeness (QED) is 0.623. The molecule has 2 aromatic rings. The summed E-state index contributed by atoms with van der Waals surface area (Å²) >= 11 is 0. The van der Waals surface area contributed by atoms with E-state index in [1.807, 2.05) is 37.4 Å². The second kappa shape index (κ2) is 9.42. The number of guanidine groups is 1. The van der Waals surface area contributed by atoms with Crippen LogP contribution < -0.4 is 10.1 Å². The number of hydrogen-bond donors (Lipinski definition) is 1. The van der Waals surface area contributed by atoms with Crippen LogP contribution in [0.3, 0.4) is 0 Å². The average Bonchev–Trinajstić information content (AvgIpc) is 3.18. The lowest BCUT2D eigenvalue weighted by molar-refractivity contribution is 0.181. The first-order valence-electron chi connectivity index (χ1n) is 9.47. The number of aryl methyl sites for hydroxylation is 1. The fourth-order valence-corrected chi connectivity index (χ4v) is 3.24. The molecule has 27 heavy (non-hydrogen) atoms. The van der Waals surface area contributed by atoms with Gasteiger partial charge in [-0.25, -0.2) is 0 Å². The van der Waals surface area contributed by atoms with Crippen molar-refractivity contribution in [1.82, 2.24) is 10.2 Å². The van der Waals surface area contributed by atoms with Gasteiger partial charge in [-0.2, -0.15) is 0 Å². The van der Waals surface area contributed by atoms with E-state index in [2.05, 4.69) is 47.4 Å². The summed E-state index contributed by atoms with van der Waals surface area (Å²) in [6, 6.07) is 16.2. The molecule has 0 radical (unpaired) electrons.